The Morgan fingerprint density at radius 2 is 2.00 bits per heavy atom. The molecule has 70 valence electrons. The van der Waals surface area contributed by atoms with Gasteiger partial charge in [-0.3, -0.25) is 0 Å². The fourth-order valence-electron chi connectivity index (χ4n) is 1.82. The van der Waals surface area contributed by atoms with Crippen molar-refractivity contribution in [2.45, 2.75) is 30.5 Å². The topological polar surface area (TPSA) is 9.23 Å². The Morgan fingerprint density at radius 3 is 2.67 bits per heavy atom. The maximum atomic E-state index is 5.94. The van der Waals surface area contributed by atoms with Crippen molar-refractivity contribution in [3.05, 3.63) is 0 Å². The molecule has 0 saturated carbocycles. The van der Waals surface area contributed by atoms with Crippen molar-refractivity contribution in [1.82, 2.24) is 0 Å². The molecule has 0 bridgehead atoms. The lowest BCUT2D eigenvalue weighted by Crippen LogP contribution is -2.39. The van der Waals surface area contributed by atoms with Crippen molar-refractivity contribution in [2.24, 2.45) is 5.92 Å². The van der Waals surface area contributed by atoms with Gasteiger partial charge in [-0.1, -0.05) is 6.92 Å². The van der Waals surface area contributed by atoms with Crippen LogP contribution >= 0.6 is 23.5 Å². The van der Waals surface area contributed by atoms with E-state index in [0.717, 1.165) is 12.5 Å². The van der Waals surface area contributed by atoms with E-state index in [4.69, 9.17) is 4.74 Å². The molecule has 2 aliphatic rings. The zero-order valence-electron chi connectivity index (χ0n) is 7.54. The average Bonchev–Trinajstić information content (AvgIpc) is 2.12. The third kappa shape index (κ3) is 1.64. The highest BCUT2D eigenvalue weighted by Gasteiger charge is 2.41. The van der Waals surface area contributed by atoms with Gasteiger partial charge in [-0.2, -0.15) is 0 Å². The summed E-state index contributed by atoms with van der Waals surface area (Å²) in [6, 6.07) is 0. The molecule has 2 aliphatic heterocycles. The molecule has 0 aliphatic carbocycles. The van der Waals surface area contributed by atoms with Gasteiger partial charge in [0, 0.05) is 12.5 Å². The summed E-state index contributed by atoms with van der Waals surface area (Å²) in [4.78, 5) is 0. The maximum absolute atomic E-state index is 5.94. The van der Waals surface area contributed by atoms with E-state index in [0.29, 0.717) is 0 Å². The Labute approximate surface area is 83.0 Å². The minimum absolute atomic E-state index is 0.149. The molecule has 0 aromatic heterocycles. The number of thioether (sulfide) groups is 2. The molecule has 0 N–H and O–H groups in total. The van der Waals surface area contributed by atoms with E-state index in [1.54, 1.807) is 0 Å². The lowest BCUT2D eigenvalue weighted by Gasteiger charge is -2.43. The number of hydrogen-bond donors (Lipinski definition) is 0. The zero-order valence-corrected chi connectivity index (χ0v) is 9.18. The monoisotopic (exact) mass is 204 g/mol. The van der Waals surface area contributed by atoms with E-state index in [-0.39, 0.29) is 4.27 Å². The highest BCUT2D eigenvalue weighted by molar-refractivity contribution is 8.18. The van der Waals surface area contributed by atoms with Crippen molar-refractivity contribution in [3.8, 4) is 0 Å². The van der Waals surface area contributed by atoms with Crippen LogP contribution in [0.5, 0.6) is 0 Å². The fraction of sp³-hybridized carbons (Fsp3) is 1.00. The molecule has 1 atom stereocenters. The minimum Gasteiger partial charge on any atom is -0.355 e. The van der Waals surface area contributed by atoms with Crippen molar-refractivity contribution in [3.63, 3.8) is 0 Å². The van der Waals surface area contributed by atoms with Crippen LogP contribution in [-0.4, -0.2) is 22.4 Å². The van der Waals surface area contributed by atoms with Gasteiger partial charge in [0.1, 0.15) is 0 Å². The van der Waals surface area contributed by atoms with Gasteiger partial charge in [0.05, 0.1) is 0 Å². The van der Waals surface area contributed by atoms with E-state index in [1.165, 1.54) is 30.8 Å². The summed E-state index contributed by atoms with van der Waals surface area (Å²) in [6.45, 7) is 3.31. The van der Waals surface area contributed by atoms with Crippen LogP contribution in [0.3, 0.4) is 0 Å². The quantitative estimate of drug-likeness (QED) is 0.600. The van der Waals surface area contributed by atoms with Gasteiger partial charge >= 0.3 is 0 Å². The van der Waals surface area contributed by atoms with Crippen LogP contribution in [0.2, 0.25) is 0 Å². The lowest BCUT2D eigenvalue weighted by molar-refractivity contribution is 0.0130. The van der Waals surface area contributed by atoms with Crippen LogP contribution in [0, 0.1) is 5.92 Å². The van der Waals surface area contributed by atoms with Crippen LogP contribution < -0.4 is 0 Å². The smallest absolute Gasteiger partial charge is 0.163 e. The maximum Gasteiger partial charge on any atom is 0.163 e. The molecule has 0 radical (unpaired) electrons. The Bertz CT molecular complexity index is 146. The van der Waals surface area contributed by atoms with Gasteiger partial charge in [0.25, 0.3) is 0 Å². The first-order valence-corrected chi connectivity index (χ1v) is 6.72. The van der Waals surface area contributed by atoms with Crippen LogP contribution in [0.15, 0.2) is 0 Å². The molecule has 0 aromatic carbocycles. The third-order valence-electron chi connectivity index (χ3n) is 2.58. The van der Waals surface area contributed by atoms with Gasteiger partial charge in [0.2, 0.25) is 0 Å². The highest BCUT2D eigenvalue weighted by Crippen LogP contribution is 2.51. The van der Waals surface area contributed by atoms with Crippen molar-refractivity contribution < 1.29 is 4.74 Å². The van der Waals surface area contributed by atoms with Gasteiger partial charge in [-0.25, -0.2) is 0 Å². The molecule has 2 heterocycles. The second-order valence-corrected chi connectivity index (χ2v) is 6.41. The summed E-state index contributed by atoms with van der Waals surface area (Å²) < 4.78 is 6.09. The molecule has 1 nitrogen and oxygen atoms in total. The van der Waals surface area contributed by atoms with E-state index in [9.17, 15) is 0 Å². The predicted molar refractivity (Wildman–Crippen MR) is 56.6 cm³/mol. The van der Waals surface area contributed by atoms with Crippen LogP contribution in [0.1, 0.15) is 26.2 Å². The zero-order chi connectivity index (χ0) is 8.44. The second kappa shape index (κ2) is 3.81. The first-order valence-electron chi connectivity index (χ1n) is 4.75. The van der Waals surface area contributed by atoms with E-state index in [2.05, 4.69) is 6.92 Å². The van der Waals surface area contributed by atoms with E-state index >= 15 is 0 Å². The Kier molecular flexibility index (Phi) is 2.93. The highest BCUT2D eigenvalue weighted by atomic mass is 32.2. The normalized spacial score (nSPS) is 35.2. The second-order valence-electron chi connectivity index (χ2n) is 3.55. The van der Waals surface area contributed by atoms with Crippen molar-refractivity contribution in [2.75, 3.05) is 18.1 Å². The molecule has 0 amide bonds. The average molecular weight is 204 g/mol. The van der Waals surface area contributed by atoms with Crippen LogP contribution in [0.25, 0.3) is 0 Å². The minimum atomic E-state index is 0.149. The van der Waals surface area contributed by atoms with Gasteiger partial charge in [-0.15, -0.1) is 23.5 Å². The van der Waals surface area contributed by atoms with E-state index in [1.807, 2.05) is 23.5 Å². The third-order valence-corrected chi connectivity index (χ3v) is 6.12. The molecule has 0 aromatic rings. The van der Waals surface area contributed by atoms with Crippen LogP contribution in [0.4, 0.5) is 0 Å². The molecule has 1 unspecified atom stereocenters. The Hall–Kier alpha value is 0.660. The summed E-state index contributed by atoms with van der Waals surface area (Å²) in [5.74, 6) is 3.32. The predicted octanol–water partition coefficient (Wildman–Crippen LogP) is 2.96. The summed E-state index contributed by atoms with van der Waals surface area (Å²) in [6.07, 6.45) is 3.96. The van der Waals surface area contributed by atoms with Gasteiger partial charge in [0.15, 0.2) is 4.27 Å². The summed E-state index contributed by atoms with van der Waals surface area (Å²) >= 11 is 4.07. The fourth-order valence-corrected chi connectivity index (χ4v) is 5.12. The standard InChI is InChI=1S/C9H16OS2/c1-8-4-2-5-10-9(8)11-6-3-7-12-9/h8H,2-7H2,1H3. The Morgan fingerprint density at radius 1 is 1.25 bits per heavy atom. The van der Waals surface area contributed by atoms with Crippen molar-refractivity contribution >= 4 is 23.5 Å². The van der Waals surface area contributed by atoms with Gasteiger partial charge < -0.3 is 4.74 Å². The molecular weight excluding hydrogens is 188 g/mol. The van der Waals surface area contributed by atoms with Crippen molar-refractivity contribution in [1.29, 1.82) is 0 Å². The molecule has 2 saturated heterocycles. The summed E-state index contributed by atoms with van der Waals surface area (Å²) in [5, 5.41) is 0. The number of ether oxygens (including phenoxy) is 1. The Balaban J connectivity index is 2.04. The number of hydrogen-bond acceptors (Lipinski definition) is 3. The first kappa shape index (κ1) is 9.22. The van der Waals surface area contributed by atoms with Gasteiger partial charge in [-0.05, 0) is 30.8 Å². The first-order chi connectivity index (χ1) is 5.83. The lowest BCUT2D eigenvalue weighted by atomic mass is 10.0. The SMILES string of the molecule is CC1CCCOC12SCCCS2. The molecule has 12 heavy (non-hydrogen) atoms. The van der Waals surface area contributed by atoms with E-state index < -0.39 is 0 Å². The largest absolute Gasteiger partial charge is 0.355 e. The summed E-state index contributed by atoms with van der Waals surface area (Å²) in [5.41, 5.74) is 0. The molecule has 2 fully saturated rings. The molecule has 1 spiro atoms. The number of rotatable bonds is 0. The molecule has 2 rings (SSSR count). The van der Waals surface area contributed by atoms with Crippen LogP contribution in [-0.2, 0) is 4.74 Å². The summed E-state index contributed by atoms with van der Waals surface area (Å²) in [7, 11) is 0. The molecular formula is C9H16OS2. The molecule has 3 heteroatoms.